The fourth-order valence-corrected chi connectivity index (χ4v) is 5.71. The molecule has 236 valence electrons. The third-order valence-corrected chi connectivity index (χ3v) is 7.85. The van der Waals surface area contributed by atoms with Gasteiger partial charge in [-0.1, -0.05) is 48.9 Å². The molecule has 0 aliphatic carbocycles. The van der Waals surface area contributed by atoms with Gasteiger partial charge in [0.05, 0.1) is 17.2 Å². The molecule has 2 saturated heterocycles. The molecule has 1 amide bonds. The maximum Gasteiger partial charge on any atom is 0.408 e. The zero-order valence-corrected chi connectivity index (χ0v) is 25.5. The summed E-state index contributed by atoms with van der Waals surface area (Å²) in [5.41, 5.74) is 1.14. The van der Waals surface area contributed by atoms with E-state index in [4.69, 9.17) is 18.9 Å². The Morgan fingerprint density at radius 3 is 2.09 bits per heavy atom. The van der Waals surface area contributed by atoms with E-state index >= 15 is 0 Å². The second-order valence-electron chi connectivity index (χ2n) is 11.5. The lowest BCUT2D eigenvalue weighted by Crippen LogP contribution is -2.47. The van der Waals surface area contributed by atoms with Crippen LogP contribution in [0.15, 0.2) is 78.9 Å². The molecular formula is C35H38N2O8. The predicted octanol–water partition coefficient (Wildman–Crippen LogP) is 5.34. The molecule has 2 fully saturated rings. The molecule has 2 aliphatic rings. The minimum absolute atomic E-state index is 0.00364. The number of benzene rings is 3. The summed E-state index contributed by atoms with van der Waals surface area (Å²) >= 11 is 0. The first-order chi connectivity index (χ1) is 21.8. The van der Waals surface area contributed by atoms with Crippen LogP contribution in [0, 0.1) is 0 Å². The normalized spacial score (nSPS) is 18.4. The van der Waals surface area contributed by atoms with Gasteiger partial charge in [-0.15, -0.1) is 0 Å². The van der Waals surface area contributed by atoms with Crippen molar-refractivity contribution >= 4 is 24.0 Å². The van der Waals surface area contributed by atoms with Gasteiger partial charge in [-0.2, -0.15) is 0 Å². The number of carbonyl (C=O) groups is 4. The maximum atomic E-state index is 13.1. The third-order valence-electron chi connectivity index (χ3n) is 7.85. The van der Waals surface area contributed by atoms with Gasteiger partial charge in [0.25, 0.3) is 0 Å². The van der Waals surface area contributed by atoms with E-state index in [0.29, 0.717) is 16.7 Å². The summed E-state index contributed by atoms with van der Waals surface area (Å²) in [6.45, 7) is 5.33. The number of hydrogen-bond acceptors (Lipinski definition) is 9. The van der Waals surface area contributed by atoms with Crippen molar-refractivity contribution in [1.29, 1.82) is 0 Å². The number of piperidine rings is 1. The van der Waals surface area contributed by atoms with Crippen molar-refractivity contribution in [3.63, 3.8) is 0 Å². The molecule has 10 nitrogen and oxygen atoms in total. The van der Waals surface area contributed by atoms with Crippen molar-refractivity contribution in [2.24, 2.45) is 0 Å². The maximum absolute atomic E-state index is 13.1. The van der Waals surface area contributed by atoms with Crippen molar-refractivity contribution in [2.45, 2.75) is 70.2 Å². The van der Waals surface area contributed by atoms with Crippen LogP contribution < -0.4 is 14.8 Å². The van der Waals surface area contributed by atoms with Crippen molar-refractivity contribution in [1.82, 2.24) is 10.2 Å². The van der Waals surface area contributed by atoms with Gasteiger partial charge in [-0.25, -0.2) is 19.2 Å². The van der Waals surface area contributed by atoms with E-state index in [1.165, 1.54) is 12.1 Å². The van der Waals surface area contributed by atoms with E-state index < -0.39 is 36.1 Å². The lowest BCUT2D eigenvalue weighted by Gasteiger charge is -2.32. The Morgan fingerprint density at radius 1 is 0.800 bits per heavy atom. The lowest BCUT2D eigenvalue weighted by atomic mass is 10.0. The van der Waals surface area contributed by atoms with E-state index in [9.17, 15) is 19.2 Å². The molecule has 10 heteroatoms. The van der Waals surface area contributed by atoms with Crippen LogP contribution in [0.2, 0.25) is 0 Å². The summed E-state index contributed by atoms with van der Waals surface area (Å²) in [6, 6.07) is 20.6. The van der Waals surface area contributed by atoms with Crippen LogP contribution in [-0.4, -0.2) is 66.3 Å². The van der Waals surface area contributed by atoms with Gasteiger partial charge in [-0.3, -0.25) is 4.90 Å². The SMILES string of the molecule is CC(C)OC(=O)C(Cc1ccc(OC(=O)c2ccccc2)c(OC(=O)c2ccccc2)c1)NC(=O)OC1CCN2CCCCC12. The van der Waals surface area contributed by atoms with Gasteiger partial charge in [0, 0.05) is 19.0 Å². The molecule has 2 heterocycles. The molecular weight excluding hydrogens is 576 g/mol. The highest BCUT2D eigenvalue weighted by Gasteiger charge is 2.38. The Bertz CT molecular complexity index is 1490. The minimum atomic E-state index is -1.08. The number of amides is 1. The molecule has 0 saturated carbocycles. The number of nitrogens with one attached hydrogen (secondary N) is 1. The standard InChI is InChI=1S/C35H38N2O8/c1-23(2)42-34(40)27(36-35(41)45-29-18-20-37-19-10-9-15-28(29)37)21-24-16-17-30(43-32(38)25-11-5-3-6-12-25)31(22-24)44-33(39)26-13-7-4-8-14-26/h3-8,11-14,16-17,22-23,27-29H,9-10,15,18-21H2,1-2H3,(H,36,41). The van der Waals surface area contributed by atoms with Crippen LogP contribution >= 0.6 is 0 Å². The first-order valence-electron chi connectivity index (χ1n) is 15.4. The minimum Gasteiger partial charge on any atom is -0.461 e. The summed E-state index contributed by atoms with van der Waals surface area (Å²) < 4.78 is 22.6. The predicted molar refractivity (Wildman–Crippen MR) is 165 cm³/mol. The summed E-state index contributed by atoms with van der Waals surface area (Å²) in [5, 5.41) is 2.70. The summed E-state index contributed by atoms with van der Waals surface area (Å²) in [5.74, 6) is -1.92. The Morgan fingerprint density at radius 2 is 1.44 bits per heavy atom. The number of carbonyl (C=O) groups excluding carboxylic acids is 4. The Kier molecular flexibility index (Phi) is 10.5. The molecule has 3 unspecified atom stereocenters. The molecule has 45 heavy (non-hydrogen) atoms. The zero-order chi connectivity index (χ0) is 31.8. The Hall–Kier alpha value is -4.70. The summed E-state index contributed by atoms with van der Waals surface area (Å²) in [7, 11) is 0. The van der Waals surface area contributed by atoms with Gasteiger partial charge in [0.15, 0.2) is 11.5 Å². The molecule has 0 spiro atoms. The highest BCUT2D eigenvalue weighted by Crippen LogP contribution is 2.32. The third kappa shape index (κ3) is 8.48. The number of esters is 3. The fourth-order valence-electron chi connectivity index (χ4n) is 5.71. The van der Waals surface area contributed by atoms with Gasteiger partial charge in [0.2, 0.25) is 0 Å². The number of rotatable bonds is 10. The largest absolute Gasteiger partial charge is 0.461 e. The van der Waals surface area contributed by atoms with Gasteiger partial charge >= 0.3 is 24.0 Å². The first kappa shape index (κ1) is 31.7. The quantitative estimate of drug-likeness (QED) is 0.238. The molecule has 5 rings (SSSR count). The topological polar surface area (TPSA) is 120 Å². The van der Waals surface area contributed by atoms with Crippen molar-refractivity contribution in [3.8, 4) is 11.5 Å². The van der Waals surface area contributed by atoms with E-state index in [-0.39, 0.29) is 30.1 Å². The second kappa shape index (κ2) is 14.9. The Labute approximate surface area is 262 Å². The monoisotopic (exact) mass is 614 g/mol. The number of alkyl carbamates (subject to hydrolysis) is 1. The van der Waals surface area contributed by atoms with Crippen LogP contribution in [0.1, 0.15) is 65.8 Å². The van der Waals surface area contributed by atoms with E-state index in [0.717, 1.165) is 38.8 Å². The molecule has 0 radical (unpaired) electrons. The van der Waals surface area contributed by atoms with Crippen LogP contribution in [0.3, 0.4) is 0 Å². The molecule has 2 aliphatic heterocycles. The average Bonchev–Trinajstić information content (AvgIpc) is 3.44. The van der Waals surface area contributed by atoms with Crippen LogP contribution in [-0.2, 0) is 20.7 Å². The summed E-state index contributed by atoms with van der Waals surface area (Å²) in [6.07, 6.45) is 2.62. The van der Waals surface area contributed by atoms with Crippen molar-refractivity contribution < 1.29 is 38.1 Å². The van der Waals surface area contributed by atoms with Crippen LogP contribution in [0.4, 0.5) is 4.79 Å². The Balaban J connectivity index is 1.35. The molecule has 1 N–H and O–H groups in total. The van der Waals surface area contributed by atoms with E-state index in [2.05, 4.69) is 10.2 Å². The van der Waals surface area contributed by atoms with Crippen molar-refractivity contribution in [3.05, 3.63) is 95.6 Å². The number of hydrogen-bond donors (Lipinski definition) is 1. The fraction of sp³-hybridized carbons (Fsp3) is 0.371. The molecule has 3 atom stereocenters. The highest BCUT2D eigenvalue weighted by molar-refractivity contribution is 5.93. The number of nitrogens with zero attached hydrogens (tertiary/aromatic N) is 1. The van der Waals surface area contributed by atoms with E-state index in [1.807, 2.05) is 0 Å². The van der Waals surface area contributed by atoms with Gasteiger partial charge in [0.1, 0.15) is 12.1 Å². The molecule has 0 bridgehead atoms. The lowest BCUT2D eigenvalue weighted by molar-refractivity contribution is -0.149. The van der Waals surface area contributed by atoms with Crippen LogP contribution in [0.25, 0.3) is 0 Å². The second-order valence-corrected chi connectivity index (χ2v) is 11.5. The van der Waals surface area contributed by atoms with Crippen LogP contribution in [0.5, 0.6) is 11.5 Å². The number of ether oxygens (including phenoxy) is 4. The summed E-state index contributed by atoms with van der Waals surface area (Å²) in [4.78, 5) is 54.4. The van der Waals surface area contributed by atoms with E-state index in [1.54, 1.807) is 80.6 Å². The number of fused-ring (bicyclic) bond motifs is 1. The smallest absolute Gasteiger partial charge is 0.408 e. The molecule has 3 aromatic rings. The average molecular weight is 615 g/mol. The molecule has 0 aromatic heterocycles. The van der Waals surface area contributed by atoms with Gasteiger partial charge < -0.3 is 24.3 Å². The first-order valence-corrected chi connectivity index (χ1v) is 15.4. The van der Waals surface area contributed by atoms with Gasteiger partial charge in [-0.05, 0) is 81.6 Å². The van der Waals surface area contributed by atoms with Crippen molar-refractivity contribution in [2.75, 3.05) is 13.1 Å². The highest BCUT2D eigenvalue weighted by atomic mass is 16.6. The molecule has 3 aromatic carbocycles. The zero-order valence-electron chi connectivity index (χ0n) is 25.5.